The van der Waals surface area contributed by atoms with Gasteiger partial charge in [0, 0.05) is 6.42 Å². The third-order valence-electron chi connectivity index (χ3n) is 7.89. The summed E-state index contributed by atoms with van der Waals surface area (Å²) >= 11 is 0. The number of hydrogen-bond donors (Lipinski definition) is 1. The van der Waals surface area contributed by atoms with Crippen molar-refractivity contribution in [1.82, 2.24) is 0 Å². The van der Waals surface area contributed by atoms with Crippen molar-refractivity contribution in [1.29, 1.82) is 0 Å². The van der Waals surface area contributed by atoms with Crippen LogP contribution in [0.15, 0.2) is 11.6 Å². The molecule has 4 aliphatic rings. The van der Waals surface area contributed by atoms with Crippen molar-refractivity contribution in [3.8, 4) is 0 Å². The molecule has 3 saturated carbocycles. The summed E-state index contributed by atoms with van der Waals surface area (Å²) in [5.41, 5.74) is 1.60. The molecule has 4 aliphatic carbocycles. The zero-order valence-corrected chi connectivity index (χ0v) is 14.2. The van der Waals surface area contributed by atoms with E-state index in [1.165, 1.54) is 18.4 Å². The van der Waals surface area contributed by atoms with Gasteiger partial charge in [-0.2, -0.15) is 0 Å². The van der Waals surface area contributed by atoms with Crippen LogP contribution in [0.2, 0.25) is 0 Å². The Morgan fingerprint density at radius 2 is 1.91 bits per heavy atom. The lowest BCUT2D eigenvalue weighted by atomic mass is 9.47. The number of ketones is 1. The molecule has 8 atom stereocenters. The highest BCUT2D eigenvalue weighted by Crippen LogP contribution is 2.64. The predicted octanol–water partition coefficient (Wildman–Crippen LogP) is 3.98. The van der Waals surface area contributed by atoms with Gasteiger partial charge in [0.1, 0.15) is 0 Å². The maximum Gasteiger partial charge on any atom is 0.155 e. The van der Waals surface area contributed by atoms with Crippen LogP contribution >= 0.6 is 0 Å². The normalized spacial score (nSPS) is 54.3. The first-order valence-corrected chi connectivity index (χ1v) is 9.33. The first kappa shape index (κ1) is 14.9. The quantitative estimate of drug-likeness (QED) is 0.735. The van der Waals surface area contributed by atoms with E-state index in [1.54, 1.807) is 0 Å². The molecule has 2 heteroatoms. The molecular formula is C20H30O2. The van der Waals surface area contributed by atoms with E-state index in [9.17, 15) is 9.90 Å². The van der Waals surface area contributed by atoms with Crippen LogP contribution in [0.1, 0.15) is 59.3 Å². The lowest BCUT2D eigenvalue weighted by Gasteiger charge is -2.58. The fourth-order valence-corrected chi connectivity index (χ4v) is 7.11. The summed E-state index contributed by atoms with van der Waals surface area (Å²) < 4.78 is 0. The summed E-state index contributed by atoms with van der Waals surface area (Å²) in [6.07, 6.45) is 8.22. The van der Waals surface area contributed by atoms with Crippen LogP contribution in [0.5, 0.6) is 0 Å². The van der Waals surface area contributed by atoms with Crippen LogP contribution in [0.25, 0.3) is 0 Å². The zero-order chi connectivity index (χ0) is 15.6. The Balaban J connectivity index is 1.73. The first-order chi connectivity index (χ1) is 10.4. The molecule has 0 saturated heterocycles. The predicted molar refractivity (Wildman–Crippen MR) is 87.2 cm³/mol. The van der Waals surface area contributed by atoms with E-state index in [4.69, 9.17) is 0 Å². The average molecular weight is 302 g/mol. The van der Waals surface area contributed by atoms with Gasteiger partial charge in [0.05, 0.1) is 6.10 Å². The molecule has 0 aliphatic heterocycles. The summed E-state index contributed by atoms with van der Waals surface area (Å²) in [6.45, 7) is 7.16. The Kier molecular flexibility index (Phi) is 3.35. The second-order valence-electron chi connectivity index (χ2n) is 9.05. The summed E-state index contributed by atoms with van der Waals surface area (Å²) in [7, 11) is 0. The van der Waals surface area contributed by atoms with Gasteiger partial charge in [0.2, 0.25) is 0 Å². The van der Waals surface area contributed by atoms with E-state index in [-0.39, 0.29) is 11.5 Å². The summed E-state index contributed by atoms with van der Waals surface area (Å²) in [4.78, 5) is 11.8. The molecular weight excluding hydrogens is 272 g/mol. The highest BCUT2D eigenvalue weighted by molar-refractivity contribution is 5.91. The fourth-order valence-electron chi connectivity index (χ4n) is 7.11. The van der Waals surface area contributed by atoms with Gasteiger partial charge in [-0.1, -0.05) is 26.3 Å². The van der Waals surface area contributed by atoms with Crippen molar-refractivity contribution in [2.24, 2.45) is 40.9 Å². The van der Waals surface area contributed by atoms with E-state index in [0.29, 0.717) is 29.5 Å². The molecule has 0 amide bonds. The van der Waals surface area contributed by atoms with Crippen LogP contribution in [0.4, 0.5) is 0 Å². The van der Waals surface area contributed by atoms with Crippen LogP contribution in [0, 0.1) is 40.9 Å². The number of allylic oxidation sites excluding steroid dienone is 1. The molecule has 0 aromatic carbocycles. The Morgan fingerprint density at radius 3 is 2.68 bits per heavy atom. The van der Waals surface area contributed by atoms with Gasteiger partial charge in [0.15, 0.2) is 5.78 Å². The number of carbonyl (C=O) groups excluding carboxylic acids is 1. The Labute approximate surface area is 134 Å². The van der Waals surface area contributed by atoms with Gasteiger partial charge in [-0.05, 0) is 79.1 Å². The van der Waals surface area contributed by atoms with E-state index in [1.807, 2.05) is 6.08 Å². The van der Waals surface area contributed by atoms with Crippen LogP contribution in [-0.4, -0.2) is 17.0 Å². The number of aliphatic hydroxyl groups is 1. The highest BCUT2D eigenvalue weighted by Gasteiger charge is 2.59. The van der Waals surface area contributed by atoms with E-state index in [0.717, 1.165) is 37.5 Å². The molecule has 6 unspecified atom stereocenters. The average Bonchev–Trinajstić information content (AvgIpc) is 2.74. The number of carbonyl (C=O) groups is 1. The molecule has 122 valence electrons. The van der Waals surface area contributed by atoms with Crippen molar-refractivity contribution < 1.29 is 9.90 Å². The maximum absolute atomic E-state index is 11.8. The van der Waals surface area contributed by atoms with Crippen molar-refractivity contribution in [2.45, 2.75) is 65.4 Å². The zero-order valence-electron chi connectivity index (χ0n) is 14.2. The van der Waals surface area contributed by atoms with Gasteiger partial charge in [-0.25, -0.2) is 0 Å². The summed E-state index contributed by atoms with van der Waals surface area (Å²) in [6, 6.07) is 0. The Bertz CT molecular complexity index is 522. The molecule has 2 nitrogen and oxygen atoms in total. The lowest BCUT2D eigenvalue weighted by Crippen LogP contribution is -2.53. The lowest BCUT2D eigenvalue weighted by molar-refractivity contribution is -0.118. The number of fused-ring (bicyclic) bond motifs is 5. The molecule has 0 spiro atoms. The maximum atomic E-state index is 11.8. The molecule has 0 radical (unpaired) electrons. The topological polar surface area (TPSA) is 37.3 Å². The Morgan fingerprint density at radius 1 is 1.14 bits per heavy atom. The van der Waals surface area contributed by atoms with Crippen molar-refractivity contribution >= 4 is 5.78 Å². The van der Waals surface area contributed by atoms with Crippen LogP contribution < -0.4 is 0 Å². The van der Waals surface area contributed by atoms with Gasteiger partial charge in [-0.3, -0.25) is 4.79 Å². The monoisotopic (exact) mass is 302 g/mol. The first-order valence-electron chi connectivity index (χ1n) is 9.33. The highest BCUT2D eigenvalue weighted by atomic mass is 16.3. The van der Waals surface area contributed by atoms with Crippen molar-refractivity contribution in [3.63, 3.8) is 0 Å². The minimum Gasteiger partial charge on any atom is -0.393 e. The van der Waals surface area contributed by atoms with E-state index in [2.05, 4.69) is 20.8 Å². The van der Waals surface area contributed by atoms with Crippen molar-refractivity contribution in [2.75, 3.05) is 0 Å². The van der Waals surface area contributed by atoms with Crippen LogP contribution in [0.3, 0.4) is 0 Å². The number of rotatable bonds is 0. The number of hydrogen-bond acceptors (Lipinski definition) is 2. The summed E-state index contributed by atoms with van der Waals surface area (Å²) in [5, 5.41) is 10.6. The Hall–Kier alpha value is -0.630. The van der Waals surface area contributed by atoms with Gasteiger partial charge < -0.3 is 5.11 Å². The molecule has 3 fully saturated rings. The second kappa shape index (κ2) is 4.93. The third-order valence-corrected chi connectivity index (χ3v) is 7.89. The molecule has 22 heavy (non-hydrogen) atoms. The molecule has 0 aromatic rings. The van der Waals surface area contributed by atoms with Gasteiger partial charge >= 0.3 is 0 Å². The molecule has 0 aromatic heterocycles. The standard InChI is InChI=1S/C20H30O2/c1-11-8-13-9-14(21)4-5-15(13)18-12(2)10-20(3)16(19(11)18)6-7-17(20)22/h9,11-12,15-19,22H,4-8,10H2,1-3H3/t11-,12+,15?,16?,17?,18?,19?,20?/m1/s1. The molecule has 0 heterocycles. The number of aliphatic hydroxyl groups excluding tert-OH is 1. The van der Waals surface area contributed by atoms with Crippen LogP contribution in [-0.2, 0) is 4.79 Å². The second-order valence-corrected chi connectivity index (χ2v) is 9.05. The van der Waals surface area contributed by atoms with Crippen molar-refractivity contribution in [3.05, 3.63) is 11.6 Å². The SMILES string of the molecule is C[C@@H]1CC2=CC(=O)CCC2C2C1C1CCC(O)C1(C)C[C@@H]2C. The minimum absolute atomic E-state index is 0.0991. The minimum atomic E-state index is -0.0991. The van der Waals surface area contributed by atoms with E-state index < -0.39 is 0 Å². The fraction of sp³-hybridized carbons (Fsp3) is 0.850. The molecule has 1 N–H and O–H groups in total. The largest absolute Gasteiger partial charge is 0.393 e. The summed E-state index contributed by atoms with van der Waals surface area (Å²) in [5.74, 6) is 4.52. The van der Waals surface area contributed by atoms with E-state index >= 15 is 0 Å². The smallest absolute Gasteiger partial charge is 0.155 e. The van der Waals surface area contributed by atoms with Gasteiger partial charge in [0.25, 0.3) is 0 Å². The van der Waals surface area contributed by atoms with Gasteiger partial charge in [-0.15, -0.1) is 0 Å². The third kappa shape index (κ3) is 1.92. The molecule has 4 rings (SSSR count). The molecule has 0 bridgehead atoms.